The van der Waals surface area contributed by atoms with E-state index >= 15 is 0 Å². The molecule has 7 nitrogen and oxygen atoms in total. The Kier molecular flexibility index (Phi) is 5.92. The molecule has 0 aromatic heterocycles. The highest BCUT2D eigenvalue weighted by Gasteiger charge is 2.44. The maximum Gasteiger partial charge on any atom is 0.236 e. The maximum absolute atomic E-state index is 12.5. The Morgan fingerprint density at radius 3 is 2.71 bits per heavy atom. The second-order valence-corrected chi connectivity index (χ2v) is 5.88. The van der Waals surface area contributed by atoms with Crippen LogP contribution >= 0.6 is 0 Å². The lowest BCUT2D eigenvalue weighted by Gasteiger charge is -2.29. The summed E-state index contributed by atoms with van der Waals surface area (Å²) in [5.74, 6) is -1.61. The predicted octanol–water partition coefficient (Wildman–Crippen LogP) is 0.133. The van der Waals surface area contributed by atoms with Crippen molar-refractivity contribution in [2.45, 2.75) is 19.4 Å². The summed E-state index contributed by atoms with van der Waals surface area (Å²) in [6.45, 7) is 2.52. The number of rotatable bonds is 7. The van der Waals surface area contributed by atoms with Crippen LogP contribution in [0, 0.1) is 12.8 Å². The highest BCUT2D eigenvalue weighted by Crippen LogP contribution is 2.39. The number of primary amides is 1. The van der Waals surface area contributed by atoms with E-state index in [0.29, 0.717) is 13.2 Å². The first-order valence-corrected chi connectivity index (χ1v) is 7.85. The van der Waals surface area contributed by atoms with Gasteiger partial charge in [0.1, 0.15) is 0 Å². The third-order valence-electron chi connectivity index (χ3n) is 4.25. The molecule has 2 atom stereocenters. The molecule has 2 rings (SSSR count). The first kappa shape index (κ1) is 17.9. The summed E-state index contributed by atoms with van der Waals surface area (Å²) < 4.78 is 5.09. The fraction of sp³-hybridized carbons (Fsp3) is 0.471. The summed E-state index contributed by atoms with van der Waals surface area (Å²) in [7, 11) is 1.57. The zero-order chi connectivity index (χ0) is 17.7. The van der Waals surface area contributed by atoms with Crippen LogP contribution in [0.1, 0.15) is 23.6 Å². The van der Waals surface area contributed by atoms with Crippen LogP contribution in [0.15, 0.2) is 24.3 Å². The van der Waals surface area contributed by atoms with Crippen LogP contribution in [-0.4, -0.2) is 49.4 Å². The largest absolute Gasteiger partial charge is 0.383 e. The number of benzene rings is 1. The molecule has 0 radical (unpaired) electrons. The smallest absolute Gasteiger partial charge is 0.236 e. The Morgan fingerprint density at radius 1 is 1.38 bits per heavy atom. The molecule has 0 saturated carbocycles. The average Bonchev–Trinajstić information content (AvgIpc) is 2.87. The van der Waals surface area contributed by atoms with Crippen molar-refractivity contribution in [2.75, 3.05) is 26.8 Å². The first-order chi connectivity index (χ1) is 11.5. The Hall–Kier alpha value is -2.41. The Labute approximate surface area is 141 Å². The van der Waals surface area contributed by atoms with E-state index in [1.165, 1.54) is 0 Å². The molecule has 0 unspecified atom stereocenters. The van der Waals surface area contributed by atoms with Crippen LogP contribution in [0.2, 0.25) is 0 Å². The van der Waals surface area contributed by atoms with Gasteiger partial charge in [-0.2, -0.15) is 0 Å². The summed E-state index contributed by atoms with van der Waals surface area (Å²) in [4.78, 5) is 37.5. The number of likely N-dealkylation sites (tertiary alicyclic amines) is 1. The van der Waals surface area contributed by atoms with E-state index < -0.39 is 11.8 Å². The Balaban J connectivity index is 2.31. The van der Waals surface area contributed by atoms with Gasteiger partial charge in [-0.25, -0.2) is 0 Å². The minimum absolute atomic E-state index is 0.0977. The molecule has 1 aliphatic heterocycles. The number of ether oxygens (including phenoxy) is 1. The molecule has 1 aromatic carbocycles. The van der Waals surface area contributed by atoms with Crippen molar-refractivity contribution in [3.05, 3.63) is 35.4 Å². The van der Waals surface area contributed by atoms with Gasteiger partial charge >= 0.3 is 0 Å². The van der Waals surface area contributed by atoms with Crippen molar-refractivity contribution >= 4 is 17.7 Å². The number of hydrogen-bond acceptors (Lipinski definition) is 4. The van der Waals surface area contributed by atoms with Crippen molar-refractivity contribution in [1.29, 1.82) is 0 Å². The van der Waals surface area contributed by atoms with Gasteiger partial charge in [-0.3, -0.25) is 14.4 Å². The highest BCUT2D eigenvalue weighted by atomic mass is 16.5. The standard InChI is InChI=1S/C17H23N3O4/c1-11-5-3-4-6-12(11)16-13(17(23)19-10-14(18)21)9-15(22)20(16)7-8-24-2/h3-6,13,16H,7-10H2,1-2H3,(H2,18,21)(H,19,23)/t13-,16+/m1/s1. The van der Waals surface area contributed by atoms with E-state index in [-0.39, 0.29) is 30.8 Å². The summed E-state index contributed by atoms with van der Waals surface area (Å²) in [5.41, 5.74) is 7.02. The number of nitrogens with zero attached hydrogens (tertiary/aromatic N) is 1. The number of carbonyl (C=O) groups excluding carboxylic acids is 3. The van der Waals surface area contributed by atoms with Crippen LogP contribution in [0.5, 0.6) is 0 Å². The van der Waals surface area contributed by atoms with Gasteiger partial charge in [0.2, 0.25) is 17.7 Å². The van der Waals surface area contributed by atoms with Crippen LogP contribution in [0.3, 0.4) is 0 Å². The molecule has 1 fully saturated rings. The normalized spacial score (nSPS) is 20.2. The molecule has 130 valence electrons. The highest BCUT2D eigenvalue weighted by molar-refractivity contribution is 5.92. The average molecular weight is 333 g/mol. The second-order valence-electron chi connectivity index (χ2n) is 5.88. The molecule has 1 aromatic rings. The van der Waals surface area contributed by atoms with E-state index in [4.69, 9.17) is 10.5 Å². The van der Waals surface area contributed by atoms with E-state index in [9.17, 15) is 14.4 Å². The number of nitrogens with one attached hydrogen (secondary N) is 1. The maximum atomic E-state index is 12.5. The first-order valence-electron chi connectivity index (χ1n) is 7.85. The molecular weight excluding hydrogens is 310 g/mol. The molecular formula is C17H23N3O4. The molecule has 0 aliphatic carbocycles. The molecule has 3 amide bonds. The lowest BCUT2D eigenvalue weighted by Crippen LogP contribution is -2.40. The number of methoxy groups -OCH3 is 1. The summed E-state index contributed by atoms with van der Waals surface area (Å²) >= 11 is 0. The summed E-state index contributed by atoms with van der Waals surface area (Å²) in [5, 5.41) is 2.52. The number of amides is 3. The fourth-order valence-electron chi connectivity index (χ4n) is 3.09. The van der Waals surface area contributed by atoms with Gasteiger partial charge in [0, 0.05) is 20.1 Å². The van der Waals surface area contributed by atoms with Gasteiger partial charge in [-0.15, -0.1) is 0 Å². The lowest BCUT2D eigenvalue weighted by atomic mass is 9.90. The summed E-state index contributed by atoms with van der Waals surface area (Å²) in [6, 6.07) is 7.30. The number of carbonyl (C=O) groups is 3. The van der Waals surface area contributed by atoms with Crippen molar-refractivity contribution in [3.8, 4) is 0 Å². The van der Waals surface area contributed by atoms with Gasteiger partial charge in [0.25, 0.3) is 0 Å². The van der Waals surface area contributed by atoms with Crippen LogP contribution in [0.25, 0.3) is 0 Å². The molecule has 7 heteroatoms. The van der Waals surface area contributed by atoms with Gasteiger partial charge in [0.15, 0.2) is 0 Å². The zero-order valence-corrected chi connectivity index (χ0v) is 14.0. The fourth-order valence-corrected chi connectivity index (χ4v) is 3.09. The van der Waals surface area contributed by atoms with Gasteiger partial charge < -0.3 is 20.7 Å². The van der Waals surface area contributed by atoms with Gasteiger partial charge in [-0.05, 0) is 18.1 Å². The van der Waals surface area contributed by atoms with Crippen LogP contribution in [-0.2, 0) is 19.1 Å². The van der Waals surface area contributed by atoms with Crippen LogP contribution in [0.4, 0.5) is 0 Å². The van der Waals surface area contributed by atoms with E-state index in [0.717, 1.165) is 11.1 Å². The topological polar surface area (TPSA) is 102 Å². The van der Waals surface area contributed by atoms with Crippen molar-refractivity contribution in [3.63, 3.8) is 0 Å². The minimum Gasteiger partial charge on any atom is -0.383 e. The van der Waals surface area contributed by atoms with E-state index in [1.807, 2.05) is 31.2 Å². The van der Waals surface area contributed by atoms with Crippen molar-refractivity contribution in [2.24, 2.45) is 11.7 Å². The Bertz CT molecular complexity index is 632. The van der Waals surface area contributed by atoms with Crippen molar-refractivity contribution in [1.82, 2.24) is 10.2 Å². The second kappa shape index (κ2) is 7.92. The SMILES string of the molecule is COCCN1C(=O)C[C@@H](C(=O)NCC(N)=O)[C@@H]1c1ccccc1C. The molecule has 3 N–H and O–H groups in total. The molecule has 0 spiro atoms. The molecule has 1 heterocycles. The molecule has 0 bridgehead atoms. The predicted molar refractivity (Wildman–Crippen MR) is 87.8 cm³/mol. The van der Waals surface area contributed by atoms with Crippen LogP contribution < -0.4 is 11.1 Å². The lowest BCUT2D eigenvalue weighted by molar-refractivity contribution is -0.129. The quantitative estimate of drug-likeness (QED) is 0.740. The number of aryl methyl sites for hydroxylation is 1. The number of hydrogen-bond donors (Lipinski definition) is 2. The minimum atomic E-state index is -0.614. The molecule has 1 saturated heterocycles. The molecule has 24 heavy (non-hydrogen) atoms. The van der Waals surface area contributed by atoms with Gasteiger partial charge in [-0.1, -0.05) is 24.3 Å². The van der Waals surface area contributed by atoms with E-state index in [2.05, 4.69) is 5.32 Å². The number of nitrogens with two attached hydrogens (primary N) is 1. The van der Waals surface area contributed by atoms with Crippen molar-refractivity contribution < 1.29 is 19.1 Å². The molecule has 1 aliphatic rings. The summed E-state index contributed by atoms with van der Waals surface area (Å²) in [6.07, 6.45) is 0.104. The third kappa shape index (κ3) is 3.91. The third-order valence-corrected chi connectivity index (χ3v) is 4.25. The monoisotopic (exact) mass is 333 g/mol. The van der Waals surface area contributed by atoms with Gasteiger partial charge in [0.05, 0.1) is 25.1 Å². The Morgan fingerprint density at radius 2 is 2.08 bits per heavy atom. The van der Waals surface area contributed by atoms with E-state index in [1.54, 1.807) is 12.0 Å². The zero-order valence-electron chi connectivity index (χ0n) is 14.0.